The van der Waals surface area contributed by atoms with E-state index < -0.39 is 30.9 Å². The predicted octanol–water partition coefficient (Wildman–Crippen LogP) is -0.998. The largest absolute Gasteiger partial charge is 0.480 e. The normalized spacial score (nSPS) is 8.38. The smallest absolute Gasteiger partial charge is 0.323 e. The molecule has 0 saturated heterocycles. The maximum absolute atomic E-state index is 10.6. The molecule has 0 aliphatic rings. The summed E-state index contributed by atoms with van der Waals surface area (Å²) in [5.41, 5.74) is 0. The van der Waals surface area contributed by atoms with Crippen LogP contribution in [-0.4, -0.2) is 46.0 Å². The Bertz CT molecular complexity index is 201. The van der Waals surface area contributed by atoms with Crippen molar-refractivity contribution in [2.75, 3.05) is 13.1 Å². The summed E-state index contributed by atoms with van der Waals surface area (Å²) in [5.74, 6) is -3.03. The summed E-state index contributed by atoms with van der Waals surface area (Å²) < 4.78 is 0. The minimum Gasteiger partial charge on any atom is -0.480 e. The van der Waals surface area contributed by atoms with E-state index in [1.54, 1.807) is 0 Å². The molecule has 0 saturated carbocycles. The number of nitrogens with zero attached hydrogens (tertiary/aromatic N) is 1. The van der Waals surface area contributed by atoms with Crippen LogP contribution in [0.2, 0.25) is 0 Å². The molecule has 6 nitrogen and oxygen atoms in total. The molecule has 1 radical (unpaired) electrons. The van der Waals surface area contributed by atoms with Crippen LogP contribution in [0.4, 0.5) is 0 Å². The van der Waals surface area contributed by atoms with E-state index in [0.29, 0.717) is 0 Å². The van der Waals surface area contributed by atoms with Crippen molar-refractivity contribution < 1.29 is 41.4 Å². The number of carbonyl (C=O) groups excluding carboxylic acids is 1. The first-order valence-corrected chi connectivity index (χ1v) is 3.12. The molecule has 0 spiro atoms. The van der Waals surface area contributed by atoms with Crippen molar-refractivity contribution in [2.45, 2.75) is 6.92 Å². The molecule has 0 fully saturated rings. The summed E-state index contributed by atoms with van der Waals surface area (Å²) in [5, 5.41) is 16.5. The number of rotatable bonds is 4. The van der Waals surface area contributed by atoms with Crippen LogP contribution in [-0.2, 0) is 31.2 Å². The molecule has 0 heterocycles. The topological polar surface area (TPSA) is 94.9 Å². The Hall–Kier alpha value is -1.08. The van der Waals surface area contributed by atoms with Crippen molar-refractivity contribution in [1.82, 2.24) is 4.90 Å². The van der Waals surface area contributed by atoms with E-state index in [0.717, 1.165) is 11.8 Å². The Balaban J connectivity index is 0. The van der Waals surface area contributed by atoms with Gasteiger partial charge in [-0.05, 0) is 0 Å². The van der Waals surface area contributed by atoms with E-state index in [1.165, 1.54) is 0 Å². The first kappa shape index (κ1) is 14.4. The fourth-order valence-corrected chi connectivity index (χ4v) is 0.605. The molecule has 0 aliphatic carbocycles. The monoisotopic (exact) mass is 234 g/mol. The summed E-state index contributed by atoms with van der Waals surface area (Å²) in [6, 6.07) is 0. The molecule has 0 aromatic rings. The maximum Gasteiger partial charge on any atom is 0.323 e. The summed E-state index contributed by atoms with van der Waals surface area (Å²) >= 11 is 0. The van der Waals surface area contributed by atoms with Gasteiger partial charge in [0, 0.05) is 23.7 Å². The number of carboxylic acid groups (broad SMARTS) is 2. The van der Waals surface area contributed by atoms with Gasteiger partial charge in [-0.3, -0.25) is 14.4 Å². The van der Waals surface area contributed by atoms with Gasteiger partial charge in [0.25, 0.3) is 0 Å². The van der Waals surface area contributed by atoms with E-state index in [4.69, 9.17) is 10.2 Å². The number of amides is 1. The minimum absolute atomic E-state index is 0. The van der Waals surface area contributed by atoms with Crippen LogP contribution in [0, 0.1) is 0 Å². The van der Waals surface area contributed by atoms with Crippen LogP contribution in [0.5, 0.6) is 0 Å². The van der Waals surface area contributed by atoms with Gasteiger partial charge in [0.05, 0.1) is 0 Å². The van der Waals surface area contributed by atoms with Crippen LogP contribution < -0.4 is 0 Å². The molecule has 2 N–H and O–H groups in total. The van der Waals surface area contributed by atoms with Crippen molar-refractivity contribution in [2.24, 2.45) is 0 Å². The van der Waals surface area contributed by atoms with Crippen molar-refractivity contribution in [3.8, 4) is 0 Å². The Morgan fingerprint density at radius 1 is 1.08 bits per heavy atom. The van der Waals surface area contributed by atoms with Gasteiger partial charge in [0.1, 0.15) is 13.1 Å². The molecular weight excluding hydrogens is 225 g/mol. The number of carbonyl (C=O) groups is 3. The van der Waals surface area contributed by atoms with Crippen LogP contribution in [0.15, 0.2) is 0 Å². The van der Waals surface area contributed by atoms with Gasteiger partial charge in [-0.25, -0.2) is 0 Å². The third-order valence-electron chi connectivity index (χ3n) is 1.10. The van der Waals surface area contributed by atoms with Gasteiger partial charge in [0.2, 0.25) is 5.91 Å². The molecule has 0 aliphatic heterocycles. The van der Waals surface area contributed by atoms with Crippen LogP contribution >= 0.6 is 0 Å². The Labute approximate surface area is 84.7 Å². The average molecular weight is 234 g/mol. The minimum atomic E-state index is -1.23. The summed E-state index contributed by atoms with van der Waals surface area (Å²) in [6.45, 7) is -0.0465. The SMILES string of the molecule is CC(=O)N(CC(=O)O)CC(=O)O.[Co]. The second-order valence-electron chi connectivity index (χ2n) is 2.16. The van der Waals surface area contributed by atoms with Gasteiger partial charge in [-0.1, -0.05) is 0 Å². The third kappa shape index (κ3) is 7.28. The number of hydrogen-bond acceptors (Lipinski definition) is 3. The third-order valence-corrected chi connectivity index (χ3v) is 1.10. The zero-order valence-electron chi connectivity index (χ0n) is 6.81. The predicted molar refractivity (Wildman–Crippen MR) is 37.5 cm³/mol. The second-order valence-corrected chi connectivity index (χ2v) is 2.16. The van der Waals surface area contributed by atoms with Crippen LogP contribution in [0.3, 0.4) is 0 Å². The van der Waals surface area contributed by atoms with Crippen molar-refractivity contribution in [3.63, 3.8) is 0 Å². The fourth-order valence-electron chi connectivity index (χ4n) is 0.605. The van der Waals surface area contributed by atoms with E-state index in [-0.39, 0.29) is 16.8 Å². The molecule has 0 aromatic carbocycles. The number of carboxylic acids is 2. The molecule has 77 valence electrons. The van der Waals surface area contributed by atoms with E-state index in [9.17, 15) is 14.4 Å². The van der Waals surface area contributed by atoms with Gasteiger partial charge < -0.3 is 15.1 Å². The van der Waals surface area contributed by atoms with Crippen molar-refractivity contribution in [1.29, 1.82) is 0 Å². The van der Waals surface area contributed by atoms with Gasteiger partial charge in [-0.2, -0.15) is 0 Å². The van der Waals surface area contributed by atoms with Crippen LogP contribution in [0.25, 0.3) is 0 Å². The molecule has 0 aromatic heterocycles. The Morgan fingerprint density at radius 2 is 1.38 bits per heavy atom. The van der Waals surface area contributed by atoms with E-state index in [2.05, 4.69) is 0 Å². The summed E-state index contributed by atoms with van der Waals surface area (Å²) in [4.78, 5) is 31.6. The molecule has 13 heavy (non-hydrogen) atoms. The molecule has 0 bridgehead atoms. The second kappa shape index (κ2) is 6.43. The molecule has 0 rings (SSSR count). The van der Waals surface area contributed by atoms with E-state index >= 15 is 0 Å². The zero-order valence-corrected chi connectivity index (χ0v) is 7.85. The number of hydrogen-bond donors (Lipinski definition) is 2. The first-order chi connectivity index (χ1) is 5.43. The Morgan fingerprint density at radius 3 is 1.54 bits per heavy atom. The molecule has 7 heteroatoms. The van der Waals surface area contributed by atoms with Crippen LogP contribution in [0.1, 0.15) is 6.92 Å². The van der Waals surface area contributed by atoms with Gasteiger partial charge in [-0.15, -0.1) is 0 Å². The van der Waals surface area contributed by atoms with Crippen molar-refractivity contribution in [3.05, 3.63) is 0 Å². The zero-order chi connectivity index (χ0) is 9.72. The molecule has 0 atom stereocenters. The number of aliphatic carboxylic acids is 2. The summed E-state index contributed by atoms with van der Waals surface area (Å²) in [7, 11) is 0. The molecule has 1 amide bonds. The average Bonchev–Trinajstić information content (AvgIpc) is 1.83. The Kier molecular flexibility index (Phi) is 7.15. The standard InChI is InChI=1S/C6H9NO5.Co/c1-4(8)7(2-5(9)10)3-6(11)12;/h2-3H2,1H3,(H,9,10)(H,11,12);. The molecule has 0 unspecified atom stereocenters. The van der Waals surface area contributed by atoms with E-state index in [1.807, 2.05) is 0 Å². The maximum atomic E-state index is 10.6. The summed E-state index contributed by atoms with van der Waals surface area (Å²) in [6.07, 6.45) is 0. The first-order valence-electron chi connectivity index (χ1n) is 3.12. The van der Waals surface area contributed by atoms with Gasteiger partial charge >= 0.3 is 11.9 Å². The molecular formula is C6H9CoNO5. The van der Waals surface area contributed by atoms with Crippen molar-refractivity contribution >= 4 is 17.8 Å². The van der Waals surface area contributed by atoms with Gasteiger partial charge in [0.15, 0.2) is 0 Å². The quantitative estimate of drug-likeness (QED) is 0.650. The fraction of sp³-hybridized carbons (Fsp3) is 0.500.